The molecule has 0 saturated heterocycles. The molecule has 0 spiro atoms. The third-order valence-electron chi connectivity index (χ3n) is 13.3. The topological polar surface area (TPSA) is 78.9 Å². The summed E-state index contributed by atoms with van der Waals surface area (Å²) in [6.45, 7) is 6.55. The molecule has 0 rings (SSSR count). The standard InChI is InChI=1S/C63H114O6/c1-4-7-10-13-16-19-22-25-28-30-31-33-35-38-41-44-47-50-53-56-62(65)68-59-60(58-67-61(64)55-52-49-46-43-40-37-34-27-24-21-18-15-12-9-6-3)69-63(66)57-54-51-48-45-42-39-36-32-29-26-23-20-17-14-11-8-5-2/h9,12,18,21,25,27-28,34,60H,4-8,10-11,13-17,19-20,22-24,26,29-33,35-59H2,1-3H3/b12-9-,21-18-,28-25-,34-27-. The van der Waals surface area contributed by atoms with E-state index < -0.39 is 6.10 Å². The number of unbranched alkanes of at least 4 members (excludes halogenated alkanes) is 36. The predicted molar refractivity (Wildman–Crippen MR) is 298 cm³/mol. The number of rotatable bonds is 55. The molecular formula is C63H114O6. The number of hydrogen-bond acceptors (Lipinski definition) is 6. The Kier molecular flexibility index (Phi) is 55.7. The molecule has 0 aromatic carbocycles. The molecule has 6 heteroatoms. The Bertz CT molecular complexity index is 1200. The predicted octanol–water partition coefficient (Wildman–Crippen LogP) is 20.2. The van der Waals surface area contributed by atoms with Gasteiger partial charge in [-0.25, -0.2) is 0 Å². The van der Waals surface area contributed by atoms with Crippen LogP contribution < -0.4 is 0 Å². The number of allylic oxidation sites excluding steroid dienone is 8. The second-order valence-electron chi connectivity index (χ2n) is 20.2. The SMILES string of the molecule is CC/C=C\C/C=C\C/C=C\CCCCCCCC(=O)OCC(COC(=O)CCCCCCCCCCC/C=C\CCCCCCCC)OC(=O)CCCCCCCCCCCCCCCCCCC. The van der Waals surface area contributed by atoms with Crippen molar-refractivity contribution in [1.82, 2.24) is 0 Å². The smallest absolute Gasteiger partial charge is 0.306 e. The first-order valence-electron chi connectivity index (χ1n) is 30.1. The highest BCUT2D eigenvalue weighted by Gasteiger charge is 2.19. The van der Waals surface area contributed by atoms with Crippen LogP contribution in [0.1, 0.15) is 316 Å². The lowest BCUT2D eigenvalue weighted by atomic mass is 10.0. The summed E-state index contributed by atoms with van der Waals surface area (Å²) in [4.78, 5) is 38.2. The van der Waals surface area contributed by atoms with Crippen LogP contribution in [0, 0.1) is 0 Å². The van der Waals surface area contributed by atoms with Gasteiger partial charge in [0.1, 0.15) is 13.2 Å². The molecule has 0 heterocycles. The van der Waals surface area contributed by atoms with Crippen LogP contribution in [0.5, 0.6) is 0 Å². The fraction of sp³-hybridized carbons (Fsp3) is 0.825. The average molecular weight is 968 g/mol. The van der Waals surface area contributed by atoms with Gasteiger partial charge in [0.15, 0.2) is 6.10 Å². The maximum absolute atomic E-state index is 12.9. The fourth-order valence-electron chi connectivity index (χ4n) is 8.81. The molecule has 0 N–H and O–H groups in total. The van der Waals surface area contributed by atoms with E-state index in [2.05, 4.69) is 69.4 Å². The molecule has 402 valence electrons. The van der Waals surface area contributed by atoms with Gasteiger partial charge >= 0.3 is 17.9 Å². The van der Waals surface area contributed by atoms with Crippen molar-refractivity contribution in [2.75, 3.05) is 13.2 Å². The highest BCUT2D eigenvalue weighted by Crippen LogP contribution is 2.17. The number of esters is 3. The van der Waals surface area contributed by atoms with Gasteiger partial charge in [0.2, 0.25) is 0 Å². The van der Waals surface area contributed by atoms with Crippen LogP contribution in [0.4, 0.5) is 0 Å². The monoisotopic (exact) mass is 967 g/mol. The average Bonchev–Trinajstić information content (AvgIpc) is 3.35. The van der Waals surface area contributed by atoms with E-state index in [0.717, 1.165) is 96.3 Å². The van der Waals surface area contributed by atoms with E-state index >= 15 is 0 Å². The fourth-order valence-corrected chi connectivity index (χ4v) is 8.81. The molecular weight excluding hydrogens is 853 g/mol. The van der Waals surface area contributed by atoms with E-state index in [1.165, 1.54) is 180 Å². The van der Waals surface area contributed by atoms with Crippen molar-refractivity contribution >= 4 is 17.9 Å². The van der Waals surface area contributed by atoms with E-state index in [9.17, 15) is 14.4 Å². The lowest BCUT2D eigenvalue weighted by Gasteiger charge is -2.18. The van der Waals surface area contributed by atoms with Crippen LogP contribution in [0.2, 0.25) is 0 Å². The Labute approximate surface area is 428 Å². The summed E-state index contributed by atoms with van der Waals surface area (Å²) in [6.07, 6.45) is 71.0. The zero-order chi connectivity index (χ0) is 50.0. The normalized spacial score (nSPS) is 12.3. The highest BCUT2D eigenvalue weighted by molar-refractivity contribution is 5.71. The molecule has 0 fully saturated rings. The number of ether oxygens (including phenoxy) is 3. The Hall–Kier alpha value is -2.63. The molecule has 0 aliphatic heterocycles. The van der Waals surface area contributed by atoms with Crippen LogP contribution in [-0.4, -0.2) is 37.2 Å². The van der Waals surface area contributed by atoms with Gasteiger partial charge in [-0.3, -0.25) is 14.4 Å². The third kappa shape index (κ3) is 56.2. The lowest BCUT2D eigenvalue weighted by molar-refractivity contribution is -0.167. The second kappa shape index (κ2) is 57.9. The molecule has 1 atom stereocenters. The van der Waals surface area contributed by atoms with Crippen molar-refractivity contribution in [2.45, 2.75) is 322 Å². The summed E-state index contributed by atoms with van der Waals surface area (Å²) in [5.74, 6) is -0.878. The van der Waals surface area contributed by atoms with E-state index in [1.54, 1.807) is 0 Å². The minimum Gasteiger partial charge on any atom is -0.462 e. The maximum atomic E-state index is 12.9. The van der Waals surface area contributed by atoms with Gasteiger partial charge in [0.05, 0.1) is 0 Å². The number of hydrogen-bond donors (Lipinski definition) is 0. The van der Waals surface area contributed by atoms with Crippen molar-refractivity contribution < 1.29 is 28.6 Å². The molecule has 0 aliphatic carbocycles. The highest BCUT2D eigenvalue weighted by atomic mass is 16.6. The van der Waals surface area contributed by atoms with Gasteiger partial charge in [-0.2, -0.15) is 0 Å². The van der Waals surface area contributed by atoms with Gasteiger partial charge in [0, 0.05) is 19.3 Å². The molecule has 0 aromatic heterocycles. The van der Waals surface area contributed by atoms with Crippen molar-refractivity contribution in [3.63, 3.8) is 0 Å². The first-order chi connectivity index (χ1) is 34.0. The van der Waals surface area contributed by atoms with Crippen LogP contribution >= 0.6 is 0 Å². The Balaban J connectivity index is 4.35. The summed E-state index contributed by atoms with van der Waals surface area (Å²) >= 11 is 0. The Morgan fingerprint density at radius 2 is 0.565 bits per heavy atom. The molecule has 0 saturated carbocycles. The second-order valence-corrected chi connectivity index (χ2v) is 20.2. The Morgan fingerprint density at radius 1 is 0.304 bits per heavy atom. The number of carbonyl (C=O) groups is 3. The molecule has 0 amide bonds. The molecule has 0 aromatic rings. The van der Waals surface area contributed by atoms with E-state index in [4.69, 9.17) is 14.2 Å². The molecule has 0 aliphatic rings. The lowest BCUT2D eigenvalue weighted by Crippen LogP contribution is -2.30. The van der Waals surface area contributed by atoms with Crippen LogP contribution in [-0.2, 0) is 28.6 Å². The first-order valence-corrected chi connectivity index (χ1v) is 30.1. The zero-order valence-corrected chi connectivity index (χ0v) is 46.1. The molecule has 1 unspecified atom stereocenters. The molecule has 0 radical (unpaired) electrons. The van der Waals surface area contributed by atoms with E-state index in [-0.39, 0.29) is 31.1 Å². The van der Waals surface area contributed by atoms with Gasteiger partial charge in [-0.05, 0) is 77.0 Å². The third-order valence-corrected chi connectivity index (χ3v) is 13.3. The van der Waals surface area contributed by atoms with Crippen molar-refractivity contribution in [3.05, 3.63) is 48.6 Å². The Morgan fingerprint density at radius 3 is 0.899 bits per heavy atom. The molecule has 69 heavy (non-hydrogen) atoms. The van der Waals surface area contributed by atoms with Crippen molar-refractivity contribution in [2.24, 2.45) is 0 Å². The molecule has 0 bridgehead atoms. The summed E-state index contributed by atoms with van der Waals surface area (Å²) in [7, 11) is 0. The van der Waals surface area contributed by atoms with Crippen molar-refractivity contribution in [3.8, 4) is 0 Å². The summed E-state index contributed by atoms with van der Waals surface area (Å²) in [6, 6.07) is 0. The molecule has 6 nitrogen and oxygen atoms in total. The van der Waals surface area contributed by atoms with E-state index in [0.29, 0.717) is 19.3 Å². The number of carbonyl (C=O) groups excluding carboxylic acids is 3. The summed E-state index contributed by atoms with van der Waals surface area (Å²) in [5, 5.41) is 0. The summed E-state index contributed by atoms with van der Waals surface area (Å²) < 4.78 is 16.9. The summed E-state index contributed by atoms with van der Waals surface area (Å²) in [5.41, 5.74) is 0. The maximum Gasteiger partial charge on any atom is 0.306 e. The quantitative estimate of drug-likeness (QED) is 0.0262. The first kappa shape index (κ1) is 66.4. The van der Waals surface area contributed by atoms with Crippen molar-refractivity contribution in [1.29, 1.82) is 0 Å². The largest absolute Gasteiger partial charge is 0.462 e. The van der Waals surface area contributed by atoms with Crippen LogP contribution in [0.15, 0.2) is 48.6 Å². The zero-order valence-electron chi connectivity index (χ0n) is 46.1. The minimum absolute atomic E-state index is 0.0765. The minimum atomic E-state index is -0.779. The van der Waals surface area contributed by atoms with Gasteiger partial charge in [-0.15, -0.1) is 0 Å². The van der Waals surface area contributed by atoms with Gasteiger partial charge in [-0.1, -0.05) is 268 Å². The van der Waals surface area contributed by atoms with Crippen LogP contribution in [0.25, 0.3) is 0 Å². The van der Waals surface area contributed by atoms with E-state index in [1.807, 2.05) is 0 Å². The van der Waals surface area contributed by atoms with Gasteiger partial charge in [0.25, 0.3) is 0 Å². The van der Waals surface area contributed by atoms with Gasteiger partial charge < -0.3 is 14.2 Å². The van der Waals surface area contributed by atoms with Crippen LogP contribution in [0.3, 0.4) is 0 Å².